The average Bonchev–Trinajstić information content (AvgIpc) is 3.05. The summed E-state index contributed by atoms with van der Waals surface area (Å²) in [5.74, 6) is 0. The number of allylic oxidation sites excluding steroid dienone is 1. The molecule has 130 valence electrons. The Morgan fingerprint density at radius 3 is 2.96 bits per heavy atom. The van der Waals surface area contributed by atoms with Crippen molar-refractivity contribution < 1.29 is 9.53 Å². The van der Waals surface area contributed by atoms with E-state index in [1.54, 1.807) is 12.3 Å². The number of hydrogen-bond acceptors (Lipinski definition) is 3. The minimum absolute atomic E-state index is 0.132. The molecule has 0 atom stereocenters. The minimum atomic E-state index is -0.581. The molecule has 3 aromatic rings. The Labute approximate surface area is 151 Å². The zero-order valence-electron chi connectivity index (χ0n) is 14.3. The topological polar surface area (TPSA) is 56.1 Å². The van der Waals surface area contributed by atoms with E-state index in [0.717, 1.165) is 34.0 Å². The van der Waals surface area contributed by atoms with Crippen LogP contribution in [0.1, 0.15) is 16.7 Å². The zero-order chi connectivity index (χ0) is 18.4. The smallest absolute Gasteiger partial charge is 0.428 e. The molecular weight excluding hydrogens is 326 g/mol. The van der Waals surface area contributed by atoms with Crippen LogP contribution in [-0.2, 0) is 17.8 Å². The van der Waals surface area contributed by atoms with Crippen molar-refractivity contribution >= 4 is 23.1 Å². The molecule has 1 aromatic heterocycles. The third-order valence-corrected chi connectivity index (χ3v) is 3.88. The van der Waals surface area contributed by atoms with Crippen LogP contribution < -0.4 is 5.43 Å². The summed E-state index contributed by atoms with van der Waals surface area (Å²) < 4.78 is 5.34. The molecule has 0 unspecified atom stereocenters. The second kappa shape index (κ2) is 8.01. The van der Waals surface area contributed by atoms with Crippen LogP contribution in [0, 0.1) is 0 Å². The summed E-state index contributed by atoms with van der Waals surface area (Å²) in [6.07, 6.45) is 5.48. The van der Waals surface area contributed by atoms with E-state index in [4.69, 9.17) is 4.74 Å². The minimum Gasteiger partial charge on any atom is -0.443 e. The SMILES string of the molecule is C=C=Cc1cc(CC=C)ccc1COC(=O)Nn1ncc2ccccc21. The summed E-state index contributed by atoms with van der Waals surface area (Å²) in [4.78, 5) is 13.5. The van der Waals surface area contributed by atoms with E-state index in [0.29, 0.717) is 0 Å². The number of fused-ring (bicyclic) bond motifs is 1. The van der Waals surface area contributed by atoms with Gasteiger partial charge in [-0.2, -0.15) is 9.89 Å². The highest BCUT2D eigenvalue weighted by Gasteiger charge is 2.09. The van der Waals surface area contributed by atoms with Crippen molar-refractivity contribution in [2.45, 2.75) is 13.0 Å². The van der Waals surface area contributed by atoms with Crippen LogP contribution in [-0.4, -0.2) is 16.0 Å². The van der Waals surface area contributed by atoms with Crippen LogP contribution in [0.25, 0.3) is 17.0 Å². The van der Waals surface area contributed by atoms with Crippen molar-refractivity contribution in [3.63, 3.8) is 0 Å². The van der Waals surface area contributed by atoms with E-state index >= 15 is 0 Å². The number of aromatic nitrogens is 2. The van der Waals surface area contributed by atoms with Crippen LogP contribution in [0.3, 0.4) is 0 Å². The van der Waals surface area contributed by atoms with Crippen molar-refractivity contribution in [2.75, 3.05) is 5.43 Å². The molecule has 0 saturated heterocycles. The number of hydrogen-bond donors (Lipinski definition) is 1. The molecule has 0 aliphatic rings. The highest BCUT2D eigenvalue weighted by molar-refractivity contribution is 5.82. The van der Waals surface area contributed by atoms with Crippen molar-refractivity contribution in [2.24, 2.45) is 0 Å². The van der Waals surface area contributed by atoms with Gasteiger partial charge in [0.2, 0.25) is 0 Å². The Morgan fingerprint density at radius 2 is 2.15 bits per heavy atom. The van der Waals surface area contributed by atoms with E-state index in [2.05, 4.69) is 29.4 Å². The first-order chi connectivity index (χ1) is 12.7. The summed E-state index contributed by atoms with van der Waals surface area (Å²) in [5.41, 5.74) is 9.08. The van der Waals surface area contributed by atoms with Crippen molar-refractivity contribution in [3.05, 3.63) is 90.3 Å². The normalized spacial score (nSPS) is 10.2. The van der Waals surface area contributed by atoms with Crippen molar-refractivity contribution in [1.82, 2.24) is 9.89 Å². The number of amides is 1. The number of ether oxygens (including phenoxy) is 1. The van der Waals surface area contributed by atoms with Gasteiger partial charge in [0.25, 0.3) is 0 Å². The van der Waals surface area contributed by atoms with E-state index in [1.807, 2.05) is 48.5 Å². The number of para-hydroxylation sites is 1. The fourth-order valence-electron chi connectivity index (χ4n) is 2.64. The average molecular weight is 345 g/mol. The van der Waals surface area contributed by atoms with E-state index in [1.165, 1.54) is 4.79 Å². The first-order valence-electron chi connectivity index (χ1n) is 8.16. The van der Waals surface area contributed by atoms with Gasteiger partial charge in [0.1, 0.15) is 6.61 Å². The van der Waals surface area contributed by atoms with Gasteiger partial charge in [0.15, 0.2) is 0 Å². The van der Waals surface area contributed by atoms with Crippen LogP contribution in [0.2, 0.25) is 0 Å². The molecule has 2 aromatic carbocycles. The zero-order valence-corrected chi connectivity index (χ0v) is 14.3. The third-order valence-electron chi connectivity index (χ3n) is 3.88. The number of rotatable bonds is 6. The van der Waals surface area contributed by atoms with E-state index in [9.17, 15) is 4.79 Å². The molecule has 0 saturated carbocycles. The fraction of sp³-hybridized carbons (Fsp3) is 0.0952. The summed E-state index contributed by atoms with van der Waals surface area (Å²) in [7, 11) is 0. The Bertz CT molecular complexity index is 997. The molecule has 5 nitrogen and oxygen atoms in total. The van der Waals surface area contributed by atoms with E-state index in [-0.39, 0.29) is 6.61 Å². The van der Waals surface area contributed by atoms with Crippen LogP contribution in [0.5, 0.6) is 0 Å². The summed E-state index contributed by atoms with van der Waals surface area (Å²) in [6.45, 7) is 7.49. The van der Waals surface area contributed by atoms with Gasteiger partial charge in [-0.15, -0.1) is 12.3 Å². The Hall–Kier alpha value is -3.56. The Balaban J connectivity index is 1.69. The molecule has 0 aliphatic heterocycles. The van der Waals surface area contributed by atoms with Gasteiger partial charge < -0.3 is 4.74 Å². The number of carbonyl (C=O) groups excluding carboxylic acids is 1. The highest BCUT2D eigenvalue weighted by Crippen LogP contribution is 2.16. The fourth-order valence-corrected chi connectivity index (χ4v) is 2.64. The van der Waals surface area contributed by atoms with E-state index < -0.39 is 6.09 Å². The highest BCUT2D eigenvalue weighted by atomic mass is 16.6. The first-order valence-corrected chi connectivity index (χ1v) is 8.16. The molecule has 3 rings (SSSR count). The molecule has 0 radical (unpaired) electrons. The number of carbonyl (C=O) groups is 1. The molecule has 1 N–H and O–H groups in total. The lowest BCUT2D eigenvalue weighted by molar-refractivity contribution is 0.151. The molecule has 5 heteroatoms. The van der Waals surface area contributed by atoms with Gasteiger partial charge in [0, 0.05) is 5.39 Å². The molecule has 1 heterocycles. The standard InChI is InChI=1S/C21H19N3O2/c1-3-7-16-11-12-19(17(13-16)8-4-2)15-26-21(25)23-24-20-10-6-5-9-18(20)14-22-24/h3,5-6,8-14H,1-2,7,15H2,(H,23,25). The van der Waals surface area contributed by atoms with Gasteiger partial charge >= 0.3 is 6.09 Å². The van der Waals surface area contributed by atoms with Crippen LogP contribution in [0.15, 0.2) is 73.6 Å². The van der Waals surface area contributed by atoms with Gasteiger partial charge in [-0.25, -0.2) is 10.2 Å². The lowest BCUT2D eigenvalue weighted by atomic mass is 10.0. The maximum Gasteiger partial charge on any atom is 0.428 e. The van der Waals surface area contributed by atoms with Gasteiger partial charge in [-0.1, -0.05) is 49.1 Å². The monoisotopic (exact) mass is 345 g/mol. The van der Waals surface area contributed by atoms with Crippen molar-refractivity contribution in [3.8, 4) is 0 Å². The second-order valence-electron chi connectivity index (χ2n) is 5.68. The first kappa shape index (κ1) is 17.3. The molecule has 26 heavy (non-hydrogen) atoms. The summed E-state index contributed by atoms with van der Waals surface area (Å²) >= 11 is 0. The summed E-state index contributed by atoms with van der Waals surface area (Å²) in [5, 5.41) is 5.07. The van der Waals surface area contributed by atoms with Crippen molar-refractivity contribution in [1.29, 1.82) is 0 Å². The molecule has 0 aliphatic carbocycles. The molecule has 0 fully saturated rings. The predicted octanol–water partition coefficient (Wildman–Crippen LogP) is 4.44. The Morgan fingerprint density at radius 1 is 1.31 bits per heavy atom. The lowest BCUT2D eigenvalue weighted by Crippen LogP contribution is -2.24. The largest absolute Gasteiger partial charge is 0.443 e. The third kappa shape index (κ3) is 3.91. The maximum atomic E-state index is 12.1. The van der Waals surface area contributed by atoms with Crippen LogP contribution in [0.4, 0.5) is 4.79 Å². The lowest BCUT2D eigenvalue weighted by Gasteiger charge is -2.10. The molecule has 0 bridgehead atoms. The molecular formula is C21H19N3O2. The van der Waals surface area contributed by atoms with Gasteiger partial charge in [0.05, 0.1) is 11.7 Å². The number of nitrogens with one attached hydrogen (secondary N) is 1. The van der Waals surface area contributed by atoms with Gasteiger partial charge in [-0.3, -0.25) is 0 Å². The Kier molecular flexibility index (Phi) is 5.32. The number of nitrogens with zero attached hydrogens (tertiary/aromatic N) is 2. The quantitative estimate of drug-likeness (QED) is 0.531. The maximum absolute atomic E-state index is 12.1. The predicted molar refractivity (Wildman–Crippen MR) is 103 cm³/mol. The van der Waals surface area contributed by atoms with Crippen LogP contribution >= 0.6 is 0 Å². The summed E-state index contributed by atoms with van der Waals surface area (Å²) in [6, 6.07) is 13.5. The number of benzene rings is 2. The second-order valence-corrected chi connectivity index (χ2v) is 5.68. The molecule has 0 spiro atoms. The molecule has 1 amide bonds. The van der Waals surface area contributed by atoms with Gasteiger partial charge in [-0.05, 0) is 35.3 Å².